The lowest BCUT2D eigenvalue weighted by Gasteiger charge is -2.34. The van der Waals surface area contributed by atoms with Gasteiger partial charge in [-0.05, 0) is 62.6 Å². The molecule has 0 saturated carbocycles. The van der Waals surface area contributed by atoms with E-state index in [-0.39, 0.29) is 43.4 Å². The van der Waals surface area contributed by atoms with E-state index in [2.05, 4.69) is 21.2 Å². The molecule has 3 aromatic rings. The Kier molecular flexibility index (Phi) is 11.1. The van der Waals surface area contributed by atoms with Crippen LogP contribution in [0.25, 0.3) is 0 Å². The number of para-hydroxylation sites is 1. The molecule has 220 valence electrons. The fourth-order valence-electron chi connectivity index (χ4n) is 4.43. The van der Waals surface area contributed by atoms with Gasteiger partial charge in [-0.1, -0.05) is 70.5 Å². The molecule has 3 rings (SSSR count). The molecule has 10 heteroatoms. The Hall–Kier alpha value is -3.24. The summed E-state index contributed by atoms with van der Waals surface area (Å²) < 4.78 is 41.3. The topological polar surface area (TPSA) is 86.8 Å². The zero-order valence-electron chi connectivity index (χ0n) is 23.8. The fraction of sp³-hybridized carbons (Fsp3) is 0.355. The van der Waals surface area contributed by atoms with Crippen LogP contribution in [0.1, 0.15) is 44.7 Å². The van der Waals surface area contributed by atoms with Gasteiger partial charge in [0.2, 0.25) is 21.8 Å². The monoisotopic (exact) mass is 645 g/mol. The molecule has 0 radical (unpaired) electrons. The molecule has 7 nitrogen and oxygen atoms in total. The Morgan fingerprint density at radius 2 is 1.54 bits per heavy atom. The minimum absolute atomic E-state index is 0.0366. The van der Waals surface area contributed by atoms with Gasteiger partial charge in [-0.3, -0.25) is 13.9 Å². The van der Waals surface area contributed by atoms with Crippen LogP contribution >= 0.6 is 15.9 Å². The van der Waals surface area contributed by atoms with Crippen LogP contribution < -0.4 is 9.62 Å². The molecule has 0 unspecified atom stereocenters. The minimum atomic E-state index is -3.80. The molecule has 0 spiro atoms. The van der Waals surface area contributed by atoms with E-state index in [1.807, 2.05) is 75.4 Å². The molecule has 1 N–H and O–H groups in total. The van der Waals surface area contributed by atoms with E-state index in [4.69, 9.17) is 0 Å². The van der Waals surface area contributed by atoms with Crippen LogP contribution in [0.5, 0.6) is 0 Å². The fourth-order valence-corrected chi connectivity index (χ4v) is 5.66. The number of carbonyl (C=O) groups is 2. The van der Waals surface area contributed by atoms with Gasteiger partial charge in [-0.2, -0.15) is 0 Å². The van der Waals surface area contributed by atoms with Gasteiger partial charge in [0.1, 0.15) is 11.9 Å². The summed E-state index contributed by atoms with van der Waals surface area (Å²) >= 11 is 3.43. The molecular weight excluding hydrogens is 609 g/mol. The summed E-state index contributed by atoms with van der Waals surface area (Å²) in [5.41, 5.74) is 1.15. The van der Waals surface area contributed by atoms with E-state index in [0.717, 1.165) is 26.2 Å². The van der Waals surface area contributed by atoms with Crippen molar-refractivity contribution in [1.82, 2.24) is 10.2 Å². The first kappa shape index (κ1) is 32.3. The molecule has 0 saturated heterocycles. The van der Waals surface area contributed by atoms with Crippen LogP contribution in [0.15, 0.2) is 83.3 Å². The largest absolute Gasteiger partial charge is 0.350 e. The van der Waals surface area contributed by atoms with Gasteiger partial charge < -0.3 is 10.2 Å². The van der Waals surface area contributed by atoms with Crippen molar-refractivity contribution in [3.63, 3.8) is 0 Å². The van der Waals surface area contributed by atoms with Crippen molar-refractivity contribution in [3.05, 3.63) is 100 Å². The van der Waals surface area contributed by atoms with Gasteiger partial charge in [-0.25, -0.2) is 12.8 Å². The predicted octanol–water partition coefficient (Wildman–Crippen LogP) is 5.69. The van der Waals surface area contributed by atoms with Crippen molar-refractivity contribution in [3.8, 4) is 0 Å². The van der Waals surface area contributed by atoms with Gasteiger partial charge in [0.05, 0.1) is 11.9 Å². The second-order valence-electron chi connectivity index (χ2n) is 11.0. The maximum atomic E-state index is 14.5. The summed E-state index contributed by atoms with van der Waals surface area (Å²) in [6, 6.07) is 21.8. The number of hydrogen-bond donors (Lipinski definition) is 1. The Morgan fingerprint density at radius 3 is 2.12 bits per heavy atom. The maximum Gasteiger partial charge on any atom is 0.243 e. The van der Waals surface area contributed by atoms with Crippen LogP contribution in [0.3, 0.4) is 0 Å². The molecule has 2 amide bonds. The van der Waals surface area contributed by atoms with Crippen molar-refractivity contribution in [1.29, 1.82) is 0 Å². The van der Waals surface area contributed by atoms with Crippen LogP contribution in [-0.4, -0.2) is 49.5 Å². The van der Waals surface area contributed by atoms with Crippen molar-refractivity contribution in [2.45, 2.75) is 58.2 Å². The second-order valence-corrected chi connectivity index (χ2v) is 13.8. The number of nitrogens with zero attached hydrogens (tertiary/aromatic N) is 2. The van der Waals surface area contributed by atoms with Crippen LogP contribution in [-0.2, 0) is 32.6 Å². The van der Waals surface area contributed by atoms with E-state index in [9.17, 15) is 22.4 Å². The van der Waals surface area contributed by atoms with E-state index in [1.165, 1.54) is 18.2 Å². The average Bonchev–Trinajstić information content (AvgIpc) is 2.89. The zero-order chi connectivity index (χ0) is 30.2. The van der Waals surface area contributed by atoms with Gasteiger partial charge in [-0.15, -0.1) is 0 Å². The summed E-state index contributed by atoms with van der Waals surface area (Å²) in [7, 11) is -3.80. The number of hydrogen-bond acceptors (Lipinski definition) is 4. The first-order valence-corrected chi connectivity index (χ1v) is 16.0. The zero-order valence-corrected chi connectivity index (χ0v) is 26.2. The highest BCUT2D eigenvalue weighted by atomic mass is 79.9. The molecule has 0 aromatic heterocycles. The van der Waals surface area contributed by atoms with Gasteiger partial charge in [0, 0.05) is 35.9 Å². The van der Waals surface area contributed by atoms with Crippen LogP contribution in [0.2, 0.25) is 0 Å². The second kappa shape index (κ2) is 14.1. The lowest BCUT2D eigenvalue weighted by atomic mass is 10.00. The molecule has 1 atom stereocenters. The number of sulfonamides is 1. The SMILES string of the molecule is CC(C)(C)NC(=O)[C@H](Cc1ccccc1)N(Cc1ccc(Br)cc1)C(=O)CCCN(c1ccccc1F)S(C)(=O)=O. The first-order valence-electron chi connectivity index (χ1n) is 13.4. The molecule has 0 aliphatic heterocycles. The lowest BCUT2D eigenvalue weighted by Crippen LogP contribution is -2.54. The van der Waals surface area contributed by atoms with E-state index >= 15 is 0 Å². The smallest absolute Gasteiger partial charge is 0.243 e. The first-order chi connectivity index (χ1) is 19.2. The Morgan fingerprint density at radius 1 is 0.927 bits per heavy atom. The normalized spacial score (nSPS) is 12.4. The number of rotatable bonds is 12. The molecular formula is C31H37BrFN3O4S. The Labute approximate surface area is 250 Å². The predicted molar refractivity (Wildman–Crippen MR) is 164 cm³/mol. The summed E-state index contributed by atoms with van der Waals surface area (Å²) in [5, 5.41) is 3.02. The molecule has 41 heavy (non-hydrogen) atoms. The van der Waals surface area contributed by atoms with Crippen molar-refractivity contribution in [2.24, 2.45) is 0 Å². The lowest BCUT2D eigenvalue weighted by molar-refractivity contribution is -0.142. The maximum absolute atomic E-state index is 14.5. The Bertz CT molecular complexity index is 1430. The quantitative estimate of drug-likeness (QED) is 0.274. The highest BCUT2D eigenvalue weighted by Gasteiger charge is 2.32. The van der Waals surface area contributed by atoms with E-state index in [0.29, 0.717) is 6.42 Å². The third kappa shape index (κ3) is 9.97. The summed E-state index contributed by atoms with van der Waals surface area (Å²) in [6.07, 6.45) is 1.41. The number of carbonyl (C=O) groups excluding carboxylic acids is 2. The van der Waals surface area contributed by atoms with Crippen LogP contribution in [0, 0.1) is 5.82 Å². The van der Waals surface area contributed by atoms with Gasteiger partial charge in [0.25, 0.3) is 0 Å². The third-order valence-electron chi connectivity index (χ3n) is 6.31. The average molecular weight is 647 g/mol. The number of benzene rings is 3. The molecule has 0 fully saturated rings. The molecule has 0 aliphatic rings. The van der Waals surface area contributed by atoms with Crippen molar-refractivity contribution < 1.29 is 22.4 Å². The van der Waals surface area contributed by atoms with Crippen molar-refractivity contribution in [2.75, 3.05) is 17.1 Å². The highest BCUT2D eigenvalue weighted by molar-refractivity contribution is 9.10. The Balaban J connectivity index is 1.90. The summed E-state index contributed by atoms with van der Waals surface area (Å²) in [4.78, 5) is 29.1. The van der Waals surface area contributed by atoms with Gasteiger partial charge in [0.15, 0.2) is 0 Å². The molecule has 0 heterocycles. The highest BCUT2D eigenvalue weighted by Crippen LogP contribution is 2.23. The van der Waals surface area contributed by atoms with E-state index in [1.54, 1.807) is 11.0 Å². The van der Waals surface area contributed by atoms with Gasteiger partial charge >= 0.3 is 0 Å². The third-order valence-corrected chi connectivity index (χ3v) is 8.02. The summed E-state index contributed by atoms with van der Waals surface area (Å²) in [6.45, 7) is 5.75. The van der Waals surface area contributed by atoms with Crippen LogP contribution in [0.4, 0.5) is 10.1 Å². The minimum Gasteiger partial charge on any atom is -0.350 e. The summed E-state index contributed by atoms with van der Waals surface area (Å²) in [5.74, 6) is -1.25. The number of halogens is 2. The number of amides is 2. The molecule has 0 bridgehead atoms. The standard InChI is InChI=1S/C31H37BrFN3O4S/c1-31(2,3)34-30(38)28(21-23-11-6-5-7-12-23)35(22-24-16-18-25(32)19-17-24)29(37)15-10-20-36(41(4,39)40)27-14-9-8-13-26(27)33/h5-9,11-14,16-19,28H,10,15,20-22H2,1-4H3,(H,34,38)/t28-/m0/s1. The van der Waals surface area contributed by atoms with Crippen molar-refractivity contribution >= 4 is 43.5 Å². The molecule has 0 aliphatic carbocycles. The molecule has 3 aromatic carbocycles. The number of anilines is 1. The van der Waals surface area contributed by atoms with E-state index < -0.39 is 27.4 Å². The number of nitrogens with one attached hydrogen (secondary N) is 1.